The van der Waals surface area contributed by atoms with E-state index in [4.69, 9.17) is 5.73 Å². The lowest BCUT2D eigenvalue weighted by molar-refractivity contribution is -0.148. The molecule has 2 N–H and O–H groups in total. The normalized spacial score (nSPS) is 65.4. The summed E-state index contributed by atoms with van der Waals surface area (Å²) < 4.78 is 0. The second kappa shape index (κ2) is 3.78. The molecule has 0 aromatic carbocycles. The molecule has 0 aliphatic heterocycles. The lowest BCUT2D eigenvalue weighted by atomic mass is 9.42. The predicted octanol–water partition coefficient (Wildman–Crippen LogP) is 3.54. The number of hydrogen-bond acceptors (Lipinski definition) is 1. The minimum Gasteiger partial charge on any atom is -0.330 e. The van der Waals surface area contributed by atoms with Gasteiger partial charge in [-0.05, 0) is 97.8 Å². The van der Waals surface area contributed by atoms with Gasteiger partial charge in [-0.15, -0.1) is 0 Å². The SMILES string of the molecule is CC1CCC2CC3C4CC(CC4CN)C3C3CC1C23. The third-order valence-electron chi connectivity index (χ3n) is 8.55. The standard InChI is InChI=1S/C18H29N/c1-9-2-3-10-5-15-14-6-11(4-12(14)8-19)18(15)16-7-13(9)17(10)16/h9-18H,2-8,19H2,1H3. The van der Waals surface area contributed by atoms with Gasteiger partial charge in [-0.25, -0.2) is 0 Å². The zero-order valence-corrected chi connectivity index (χ0v) is 12.3. The van der Waals surface area contributed by atoms with Crippen LogP contribution in [0.5, 0.6) is 0 Å². The third-order valence-corrected chi connectivity index (χ3v) is 8.55. The van der Waals surface area contributed by atoms with Crippen LogP contribution < -0.4 is 5.73 Å². The maximum Gasteiger partial charge on any atom is -0.00460 e. The van der Waals surface area contributed by atoms with Gasteiger partial charge in [0.15, 0.2) is 0 Å². The zero-order chi connectivity index (χ0) is 12.7. The Hall–Kier alpha value is -0.0400. The van der Waals surface area contributed by atoms with E-state index in [-0.39, 0.29) is 0 Å². The number of rotatable bonds is 1. The van der Waals surface area contributed by atoms with Crippen molar-refractivity contribution in [3.63, 3.8) is 0 Å². The van der Waals surface area contributed by atoms with Crippen LogP contribution in [0.2, 0.25) is 0 Å². The van der Waals surface area contributed by atoms with Crippen molar-refractivity contribution in [1.82, 2.24) is 0 Å². The Bertz CT molecular complexity index is 391. The molecule has 5 aliphatic carbocycles. The molecule has 0 spiro atoms. The van der Waals surface area contributed by atoms with E-state index < -0.39 is 0 Å². The van der Waals surface area contributed by atoms with Gasteiger partial charge in [0.2, 0.25) is 0 Å². The van der Waals surface area contributed by atoms with Gasteiger partial charge in [0.1, 0.15) is 0 Å². The average molecular weight is 259 g/mol. The Balaban J connectivity index is 1.44. The molecule has 0 aromatic heterocycles. The van der Waals surface area contributed by atoms with Crippen molar-refractivity contribution >= 4 is 0 Å². The third kappa shape index (κ3) is 1.32. The van der Waals surface area contributed by atoms with Gasteiger partial charge in [0.25, 0.3) is 0 Å². The van der Waals surface area contributed by atoms with E-state index in [0.717, 1.165) is 59.8 Å². The molecule has 0 radical (unpaired) electrons. The van der Waals surface area contributed by atoms with Crippen LogP contribution >= 0.6 is 0 Å². The molecular formula is C18H29N. The largest absolute Gasteiger partial charge is 0.330 e. The minimum absolute atomic E-state index is 0.904. The molecule has 5 rings (SSSR count). The molecule has 106 valence electrons. The summed E-state index contributed by atoms with van der Waals surface area (Å²) in [7, 11) is 0. The van der Waals surface area contributed by atoms with E-state index in [1.165, 1.54) is 18.8 Å². The molecule has 5 saturated carbocycles. The van der Waals surface area contributed by atoms with Crippen LogP contribution in [0.15, 0.2) is 0 Å². The highest BCUT2D eigenvalue weighted by Gasteiger charge is 2.64. The summed E-state index contributed by atoms with van der Waals surface area (Å²) in [5.74, 6) is 10.9. The van der Waals surface area contributed by atoms with Gasteiger partial charge in [0.05, 0.1) is 0 Å². The van der Waals surface area contributed by atoms with E-state index in [0.29, 0.717) is 0 Å². The summed E-state index contributed by atoms with van der Waals surface area (Å²) in [6.45, 7) is 3.51. The number of fused-ring (bicyclic) bond motifs is 6. The first kappa shape index (κ1) is 11.6. The maximum absolute atomic E-state index is 6.04. The van der Waals surface area contributed by atoms with Crippen molar-refractivity contribution < 1.29 is 0 Å². The summed E-state index contributed by atoms with van der Waals surface area (Å²) >= 11 is 0. The second-order valence-electron chi connectivity index (χ2n) is 8.82. The Morgan fingerprint density at radius 3 is 2.42 bits per heavy atom. The fourth-order valence-electron chi connectivity index (χ4n) is 7.93. The monoisotopic (exact) mass is 259 g/mol. The number of hydrogen-bond donors (Lipinski definition) is 1. The molecule has 5 fully saturated rings. The molecule has 0 aromatic rings. The first-order valence-electron chi connectivity index (χ1n) is 8.98. The molecule has 1 nitrogen and oxygen atoms in total. The van der Waals surface area contributed by atoms with Gasteiger partial charge in [-0.2, -0.15) is 0 Å². The first-order chi connectivity index (χ1) is 9.28. The van der Waals surface area contributed by atoms with Gasteiger partial charge in [-0.3, -0.25) is 0 Å². The van der Waals surface area contributed by atoms with Gasteiger partial charge in [-0.1, -0.05) is 13.3 Å². The smallest absolute Gasteiger partial charge is 0.00460 e. The highest BCUT2D eigenvalue weighted by atomic mass is 14.7. The lowest BCUT2D eigenvalue weighted by Gasteiger charge is -2.63. The second-order valence-corrected chi connectivity index (χ2v) is 8.82. The van der Waals surface area contributed by atoms with Crippen molar-refractivity contribution in [2.24, 2.45) is 64.9 Å². The molecule has 5 aliphatic rings. The van der Waals surface area contributed by atoms with E-state index in [1.807, 2.05) is 0 Å². The molecule has 2 bridgehead atoms. The van der Waals surface area contributed by atoms with Crippen LogP contribution in [0.25, 0.3) is 0 Å². The van der Waals surface area contributed by atoms with Crippen molar-refractivity contribution in [3.8, 4) is 0 Å². The van der Waals surface area contributed by atoms with Gasteiger partial charge in [0, 0.05) is 0 Å². The van der Waals surface area contributed by atoms with Crippen LogP contribution in [-0.4, -0.2) is 6.54 Å². The topological polar surface area (TPSA) is 26.0 Å². The van der Waals surface area contributed by atoms with E-state index >= 15 is 0 Å². The highest BCUT2D eigenvalue weighted by molar-refractivity contribution is 5.13. The number of nitrogens with two attached hydrogens (primary N) is 1. The van der Waals surface area contributed by atoms with Crippen molar-refractivity contribution in [1.29, 1.82) is 0 Å². The Labute approximate surface area is 117 Å². The van der Waals surface area contributed by atoms with Crippen LogP contribution in [0.4, 0.5) is 0 Å². The fourth-order valence-corrected chi connectivity index (χ4v) is 7.93. The Morgan fingerprint density at radius 2 is 1.58 bits per heavy atom. The summed E-state index contributed by atoms with van der Waals surface area (Å²) in [6.07, 6.45) is 9.37. The summed E-state index contributed by atoms with van der Waals surface area (Å²) in [5.41, 5.74) is 6.04. The molecule has 0 saturated heterocycles. The zero-order valence-electron chi connectivity index (χ0n) is 12.3. The van der Waals surface area contributed by atoms with Crippen molar-refractivity contribution in [3.05, 3.63) is 0 Å². The maximum atomic E-state index is 6.04. The Kier molecular flexibility index (Phi) is 2.31. The van der Waals surface area contributed by atoms with Crippen LogP contribution in [0.3, 0.4) is 0 Å². The average Bonchev–Trinajstić information content (AvgIpc) is 2.93. The summed E-state index contributed by atoms with van der Waals surface area (Å²) in [4.78, 5) is 0. The van der Waals surface area contributed by atoms with Gasteiger partial charge >= 0.3 is 0 Å². The minimum atomic E-state index is 0.904. The van der Waals surface area contributed by atoms with E-state index in [2.05, 4.69) is 6.92 Å². The molecular weight excluding hydrogens is 230 g/mol. The molecule has 0 amide bonds. The van der Waals surface area contributed by atoms with E-state index in [1.54, 1.807) is 25.7 Å². The Morgan fingerprint density at radius 1 is 0.789 bits per heavy atom. The molecule has 10 atom stereocenters. The van der Waals surface area contributed by atoms with Crippen LogP contribution in [-0.2, 0) is 0 Å². The summed E-state index contributed by atoms with van der Waals surface area (Å²) in [5, 5.41) is 0. The van der Waals surface area contributed by atoms with Crippen LogP contribution in [0, 0.1) is 59.2 Å². The first-order valence-corrected chi connectivity index (χ1v) is 8.98. The van der Waals surface area contributed by atoms with Crippen LogP contribution in [0.1, 0.15) is 45.4 Å². The summed E-state index contributed by atoms with van der Waals surface area (Å²) in [6, 6.07) is 0. The van der Waals surface area contributed by atoms with Crippen molar-refractivity contribution in [2.75, 3.05) is 6.54 Å². The van der Waals surface area contributed by atoms with E-state index in [9.17, 15) is 0 Å². The quantitative estimate of drug-likeness (QED) is 0.766. The molecule has 1 heteroatoms. The van der Waals surface area contributed by atoms with Crippen molar-refractivity contribution in [2.45, 2.75) is 45.4 Å². The predicted molar refractivity (Wildman–Crippen MR) is 77.3 cm³/mol. The molecule has 19 heavy (non-hydrogen) atoms. The lowest BCUT2D eigenvalue weighted by Crippen LogP contribution is -2.57. The fraction of sp³-hybridized carbons (Fsp3) is 1.00. The molecule has 10 unspecified atom stereocenters. The molecule has 0 heterocycles. The highest BCUT2D eigenvalue weighted by Crippen LogP contribution is 2.70. The van der Waals surface area contributed by atoms with Gasteiger partial charge < -0.3 is 5.73 Å².